The normalized spacial score (nSPS) is 11.3. The van der Waals surface area contributed by atoms with Crippen LogP contribution in [-0.4, -0.2) is 28.3 Å². The molecule has 0 aromatic heterocycles. The molecule has 0 bridgehead atoms. The maximum absolute atomic E-state index is 12.1. The van der Waals surface area contributed by atoms with E-state index in [9.17, 15) is 14.7 Å². The van der Waals surface area contributed by atoms with E-state index >= 15 is 0 Å². The van der Waals surface area contributed by atoms with E-state index < -0.39 is 11.9 Å². The highest BCUT2D eigenvalue weighted by Gasteiger charge is 2.08. The lowest BCUT2D eigenvalue weighted by atomic mass is 10.00. The van der Waals surface area contributed by atoms with Gasteiger partial charge in [-0.2, -0.15) is 5.10 Å². The van der Waals surface area contributed by atoms with Gasteiger partial charge in [-0.1, -0.05) is 48.0 Å². The molecule has 0 aliphatic heterocycles. The highest BCUT2D eigenvalue weighted by molar-refractivity contribution is 6.32. The number of fused-ring (bicyclic) bond motifs is 1. The van der Waals surface area contributed by atoms with Crippen molar-refractivity contribution in [2.45, 2.75) is 0 Å². The van der Waals surface area contributed by atoms with Gasteiger partial charge in [0.1, 0.15) is 5.75 Å². The first kappa shape index (κ1) is 19.1. The zero-order valence-electron chi connectivity index (χ0n) is 14.5. The van der Waals surface area contributed by atoms with Crippen molar-refractivity contribution in [2.75, 3.05) is 0 Å². The van der Waals surface area contributed by atoms with Gasteiger partial charge >= 0.3 is 5.97 Å². The zero-order chi connectivity index (χ0) is 20.1. The number of halogens is 1. The summed E-state index contributed by atoms with van der Waals surface area (Å²) < 4.78 is 0. The smallest absolute Gasteiger partial charge is 0.328 e. The average Bonchev–Trinajstić information content (AvgIpc) is 2.69. The van der Waals surface area contributed by atoms with Gasteiger partial charge in [0.05, 0.1) is 11.2 Å². The molecule has 3 aromatic rings. The Morgan fingerprint density at radius 1 is 1.00 bits per heavy atom. The number of nitrogens with one attached hydrogen (secondary N) is 1. The maximum Gasteiger partial charge on any atom is 0.328 e. The van der Waals surface area contributed by atoms with Crippen molar-refractivity contribution in [2.24, 2.45) is 5.10 Å². The number of hydrazone groups is 1. The lowest BCUT2D eigenvalue weighted by molar-refractivity contribution is -0.131. The summed E-state index contributed by atoms with van der Waals surface area (Å²) in [5, 5.41) is 24.0. The Kier molecular flexibility index (Phi) is 5.72. The van der Waals surface area contributed by atoms with Crippen LogP contribution in [0.4, 0.5) is 0 Å². The van der Waals surface area contributed by atoms with Crippen molar-refractivity contribution in [3.63, 3.8) is 0 Å². The third kappa shape index (κ3) is 4.36. The molecule has 0 saturated carbocycles. The predicted molar refractivity (Wildman–Crippen MR) is 109 cm³/mol. The summed E-state index contributed by atoms with van der Waals surface area (Å²) in [4.78, 5) is 22.9. The Bertz CT molecular complexity index is 1120. The number of rotatable bonds is 5. The number of amides is 1. The molecule has 1 amide bonds. The number of hydrogen-bond acceptors (Lipinski definition) is 4. The van der Waals surface area contributed by atoms with E-state index in [2.05, 4.69) is 10.5 Å². The number of benzene rings is 3. The molecule has 0 fully saturated rings. The van der Waals surface area contributed by atoms with Crippen LogP contribution in [0.1, 0.15) is 21.5 Å². The molecule has 0 spiro atoms. The third-order valence-corrected chi connectivity index (χ3v) is 4.28. The van der Waals surface area contributed by atoms with Gasteiger partial charge in [-0.15, -0.1) is 0 Å². The quantitative estimate of drug-likeness (QED) is 0.345. The van der Waals surface area contributed by atoms with Crippen molar-refractivity contribution in [1.29, 1.82) is 0 Å². The van der Waals surface area contributed by atoms with Crippen LogP contribution in [0.15, 0.2) is 65.8 Å². The number of phenols is 1. The molecule has 0 radical (unpaired) electrons. The Labute approximate surface area is 165 Å². The fourth-order valence-corrected chi connectivity index (χ4v) is 2.82. The molecule has 0 unspecified atom stereocenters. The van der Waals surface area contributed by atoms with E-state index in [1.54, 1.807) is 12.1 Å². The maximum atomic E-state index is 12.1. The SMILES string of the molecule is O=C(O)/C=C/c1ccc(/C=N/NC(=O)c2ccc(O)c(Cl)c2)c2ccccc12. The van der Waals surface area contributed by atoms with Crippen LogP contribution in [0, 0.1) is 0 Å². The molecule has 28 heavy (non-hydrogen) atoms. The summed E-state index contributed by atoms with van der Waals surface area (Å²) in [7, 11) is 0. The number of aliphatic carboxylic acids is 1. The van der Waals surface area contributed by atoms with Gasteiger partial charge in [0.25, 0.3) is 5.91 Å². The lowest BCUT2D eigenvalue weighted by Gasteiger charge is -2.06. The number of carbonyl (C=O) groups excluding carboxylic acids is 1. The van der Waals surface area contributed by atoms with Crippen LogP contribution >= 0.6 is 11.6 Å². The van der Waals surface area contributed by atoms with Gasteiger partial charge in [-0.3, -0.25) is 4.79 Å². The van der Waals surface area contributed by atoms with E-state index in [1.165, 1.54) is 30.5 Å². The first-order chi connectivity index (χ1) is 13.5. The number of phenolic OH excluding ortho intramolecular Hbond substituents is 1. The minimum absolute atomic E-state index is 0.0765. The van der Waals surface area contributed by atoms with E-state index in [1.807, 2.05) is 24.3 Å². The molecule has 6 nitrogen and oxygen atoms in total. The molecule has 0 aliphatic rings. The van der Waals surface area contributed by atoms with Crippen LogP contribution in [-0.2, 0) is 4.79 Å². The molecule has 3 aromatic carbocycles. The fourth-order valence-electron chi connectivity index (χ4n) is 2.64. The Morgan fingerprint density at radius 3 is 2.36 bits per heavy atom. The number of carbonyl (C=O) groups is 2. The van der Waals surface area contributed by atoms with Gasteiger partial charge in [-0.05, 0) is 40.6 Å². The topological polar surface area (TPSA) is 99.0 Å². The summed E-state index contributed by atoms with van der Waals surface area (Å²) in [5.74, 6) is -1.60. The van der Waals surface area contributed by atoms with Crippen LogP contribution in [0.3, 0.4) is 0 Å². The van der Waals surface area contributed by atoms with Crippen molar-refractivity contribution in [3.8, 4) is 5.75 Å². The molecule has 0 heterocycles. The number of hydrogen-bond donors (Lipinski definition) is 3. The second-order valence-corrected chi connectivity index (χ2v) is 6.23. The second kappa shape index (κ2) is 8.37. The predicted octanol–water partition coefficient (Wildman–Crippen LogP) is 4.06. The third-order valence-electron chi connectivity index (χ3n) is 3.98. The van der Waals surface area contributed by atoms with Crippen LogP contribution in [0.2, 0.25) is 5.02 Å². The van der Waals surface area contributed by atoms with E-state index in [4.69, 9.17) is 16.7 Å². The minimum atomic E-state index is -1.02. The molecular weight excluding hydrogens is 380 g/mol. The molecule has 140 valence electrons. The Morgan fingerprint density at radius 2 is 1.68 bits per heavy atom. The number of nitrogens with zero attached hydrogens (tertiary/aromatic N) is 1. The molecule has 0 saturated heterocycles. The van der Waals surface area contributed by atoms with Gasteiger partial charge in [0, 0.05) is 17.2 Å². The van der Waals surface area contributed by atoms with Crippen molar-refractivity contribution < 1.29 is 19.8 Å². The summed E-state index contributed by atoms with van der Waals surface area (Å²) in [5.41, 5.74) is 4.19. The first-order valence-electron chi connectivity index (χ1n) is 8.20. The molecule has 0 atom stereocenters. The van der Waals surface area contributed by atoms with E-state index in [-0.39, 0.29) is 16.3 Å². The Balaban J connectivity index is 1.84. The standard InChI is InChI=1S/C21H15ClN2O4/c22-18-11-14(7-9-19(18)25)21(28)24-23-12-15-6-5-13(8-10-20(26)27)16-3-1-2-4-17(15)16/h1-12,25H,(H,24,28)(H,26,27)/b10-8+,23-12+. The average molecular weight is 395 g/mol. The van der Waals surface area contributed by atoms with Crippen molar-refractivity contribution >= 4 is 46.5 Å². The molecular formula is C21H15ClN2O4. The lowest BCUT2D eigenvalue weighted by Crippen LogP contribution is -2.17. The molecule has 3 rings (SSSR count). The fraction of sp³-hybridized carbons (Fsp3) is 0. The van der Waals surface area contributed by atoms with Crippen LogP contribution < -0.4 is 5.43 Å². The number of carboxylic acid groups (broad SMARTS) is 1. The second-order valence-electron chi connectivity index (χ2n) is 5.83. The molecule has 3 N–H and O–H groups in total. The number of carboxylic acids is 1. The molecule has 0 aliphatic carbocycles. The van der Waals surface area contributed by atoms with Gasteiger partial charge in [0.15, 0.2) is 0 Å². The minimum Gasteiger partial charge on any atom is -0.506 e. The van der Waals surface area contributed by atoms with Gasteiger partial charge in [0.2, 0.25) is 0 Å². The zero-order valence-corrected chi connectivity index (χ0v) is 15.2. The highest BCUT2D eigenvalue weighted by Crippen LogP contribution is 2.24. The van der Waals surface area contributed by atoms with Crippen LogP contribution in [0.25, 0.3) is 16.8 Å². The first-order valence-corrected chi connectivity index (χ1v) is 8.58. The van der Waals surface area contributed by atoms with E-state index in [0.29, 0.717) is 0 Å². The van der Waals surface area contributed by atoms with Crippen molar-refractivity contribution in [3.05, 3.63) is 82.4 Å². The highest BCUT2D eigenvalue weighted by atomic mass is 35.5. The van der Waals surface area contributed by atoms with Gasteiger partial charge < -0.3 is 10.2 Å². The number of aromatic hydroxyl groups is 1. The van der Waals surface area contributed by atoms with Gasteiger partial charge in [-0.25, -0.2) is 10.2 Å². The molecule has 7 heteroatoms. The Hall–Kier alpha value is -3.64. The summed E-state index contributed by atoms with van der Waals surface area (Å²) in [6, 6.07) is 15.2. The largest absolute Gasteiger partial charge is 0.506 e. The summed E-state index contributed by atoms with van der Waals surface area (Å²) in [6.45, 7) is 0. The monoisotopic (exact) mass is 394 g/mol. The van der Waals surface area contributed by atoms with Crippen molar-refractivity contribution in [1.82, 2.24) is 5.43 Å². The van der Waals surface area contributed by atoms with E-state index in [0.717, 1.165) is 28.0 Å². The summed E-state index contributed by atoms with van der Waals surface area (Å²) in [6.07, 6.45) is 4.12. The van der Waals surface area contributed by atoms with Crippen LogP contribution in [0.5, 0.6) is 5.75 Å². The summed E-state index contributed by atoms with van der Waals surface area (Å²) >= 11 is 5.80.